The van der Waals surface area contributed by atoms with Gasteiger partial charge in [0.15, 0.2) is 0 Å². The van der Waals surface area contributed by atoms with E-state index >= 15 is 0 Å². The highest BCUT2D eigenvalue weighted by molar-refractivity contribution is 5.38. The zero-order chi connectivity index (χ0) is 12.4. The van der Waals surface area contributed by atoms with Crippen molar-refractivity contribution in [1.82, 2.24) is 9.13 Å². The van der Waals surface area contributed by atoms with Crippen LogP contribution in [0.4, 0.5) is 0 Å². The highest BCUT2D eigenvalue weighted by atomic mass is 16.1. The summed E-state index contributed by atoms with van der Waals surface area (Å²) < 4.78 is 3.19. The number of rotatable bonds is 2. The molecule has 0 atom stereocenters. The van der Waals surface area contributed by atoms with Crippen LogP contribution in [0, 0.1) is 18.3 Å². The fourth-order valence-electron chi connectivity index (χ4n) is 1.91. The summed E-state index contributed by atoms with van der Waals surface area (Å²) in [6, 6.07) is 9.59. The number of hydrogen-bond acceptors (Lipinski definition) is 2. The standard InChI is InChI=1S/C13H13N3O/c1-10-9-15(2)13(17)16(10)12-5-3-4-11(8-12)6-7-14/h3-5,8-9H,6H2,1-2H3. The molecule has 0 bridgehead atoms. The van der Waals surface area contributed by atoms with Crippen molar-refractivity contribution >= 4 is 0 Å². The van der Waals surface area contributed by atoms with Gasteiger partial charge in [0.1, 0.15) is 0 Å². The van der Waals surface area contributed by atoms with Gasteiger partial charge < -0.3 is 4.57 Å². The first kappa shape index (κ1) is 11.2. The lowest BCUT2D eigenvalue weighted by Crippen LogP contribution is -2.21. The topological polar surface area (TPSA) is 50.7 Å². The molecule has 0 saturated heterocycles. The zero-order valence-corrected chi connectivity index (χ0v) is 9.84. The Hall–Kier alpha value is -2.28. The van der Waals surface area contributed by atoms with Gasteiger partial charge in [-0.2, -0.15) is 5.26 Å². The van der Waals surface area contributed by atoms with Gasteiger partial charge in [0.05, 0.1) is 18.2 Å². The maximum atomic E-state index is 11.9. The minimum absolute atomic E-state index is 0.0726. The average molecular weight is 227 g/mol. The summed E-state index contributed by atoms with van der Waals surface area (Å²) in [4.78, 5) is 11.9. The van der Waals surface area contributed by atoms with Crippen LogP contribution in [0.5, 0.6) is 0 Å². The molecule has 1 heterocycles. The van der Waals surface area contributed by atoms with Crippen molar-refractivity contribution in [3.63, 3.8) is 0 Å². The number of nitrogens with zero attached hydrogens (tertiary/aromatic N) is 3. The summed E-state index contributed by atoms with van der Waals surface area (Å²) in [5.41, 5.74) is 2.53. The third kappa shape index (κ3) is 2.00. The van der Waals surface area contributed by atoms with Crippen LogP contribution in [0.2, 0.25) is 0 Å². The molecule has 4 nitrogen and oxygen atoms in total. The summed E-state index contributed by atoms with van der Waals surface area (Å²) in [5, 5.41) is 8.67. The molecule has 0 aliphatic rings. The van der Waals surface area contributed by atoms with Crippen LogP contribution in [0.3, 0.4) is 0 Å². The molecule has 86 valence electrons. The third-order valence-corrected chi connectivity index (χ3v) is 2.68. The first-order valence-corrected chi connectivity index (χ1v) is 5.34. The molecule has 0 saturated carbocycles. The summed E-state index contributed by atoms with van der Waals surface area (Å²) in [5.74, 6) is 0. The Balaban J connectivity index is 2.57. The van der Waals surface area contributed by atoms with Gasteiger partial charge in [-0.05, 0) is 24.6 Å². The van der Waals surface area contributed by atoms with Gasteiger partial charge in [0.2, 0.25) is 0 Å². The lowest BCUT2D eigenvalue weighted by Gasteiger charge is -2.05. The molecule has 1 aromatic carbocycles. The molecule has 1 aromatic heterocycles. The van der Waals surface area contributed by atoms with Crippen molar-refractivity contribution in [2.45, 2.75) is 13.3 Å². The van der Waals surface area contributed by atoms with E-state index < -0.39 is 0 Å². The van der Waals surface area contributed by atoms with Crippen molar-refractivity contribution in [3.05, 3.63) is 52.2 Å². The van der Waals surface area contributed by atoms with Crippen molar-refractivity contribution in [3.8, 4) is 11.8 Å². The fourth-order valence-corrected chi connectivity index (χ4v) is 1.91. The van der Waals surface area contributed by atoms with E-state index in [0.717, 1.165) is 16.9 Å². The largest absolute Gasteiger partial charge is 0.332 e. The Morgan fingerprint density at radius 1 is 1.41 bits per heavy atom. The molecule has 17 heavy (non-hydrogen) atoms. The monoisotopic (exact) mass is 227 g/mol. The number of imidazole rings is 1. The second-order valence-corrected chi connectivity index (χ2v) is 4.00. The van der Waals surface area contributed by atoms with Crippen LogP contribution in [-0.4, -0.2) is 9.13 Å². The molecular formula is C13H13N3O. The number of benzene rings is 1. The molecule has 2 rings (SSSR count). The van der Waals surface area contributed by atoms with Crippen LogP contribution >= 0.6 is 0 Å². The summed E-state index contributed by atoms with van der Waals surface area (Å²) >= 11 is 0. The maximum absolute atomic E-state index is 11.9. The molecule has 0 fully saturated rings. The van der Waals surface area contributed by atoms with Crippen LogP contribution in [0.25, 0.3) is 5.69 Å². The maximum Gasteiger partial charge on any atom is 0.332 e. The summed E-state index contributed by atoms with van der Waals surface area (Å²) in [6.45, 7) is 1.89. The summed E-state index contributed by atoms with van der Waals surface area (Å²) in [7, 11) is 1.73. The quantitative estimate of drug-likeness (QED) is 0.781. The van der Waals surface area contributed by atoms with Crippen molar-refractivity contribution in [1.29, 1.82) is 5.26 Å². The Kier molecular flexibility index (Phi) is 2.84. The van der Waals surface area contributed by atoms with Crippen molar-refractivity contribution in [2.75, 3.05) is 0 Å². The van der Waals surface area contributed by atoms with Gasteiger partial charge in [-0.15, -0.1) is 0 Å². The molecule has 0 amide bonds. The van der Waals surface area contributed by atoms with Gasteiger partial charge in [0, 0.05) is 18.9 Å². The Bertz CT molecular complexity index is 643. The van der Waals surface area contributed by atoms with Gasteiger partial charge >= 0.3 is 5.69 Å². The highest BCUT2D eigenvalue weighted by Gasteiger charge is 2.07. The van der Waals surface area contributed by atoms with Gasteiger partial charge in [-0.1, -0.05) is 12.1 Å². The minimum atomic E-state index is -0.0726. The molecule has 2 aromatic rings. The van der Waals surface area contributed by atoms with E-state index in [-0.39, 0.29) is 5.69 Å². The van der Waals surface area contributed by atoms with E-state index in [1.807, 2.05) is 31.2 Å². The van der Waals surface area contributed by atoms with E-state index in [1.165, 1.54) is 0 Å². The number of aryl methyl sites for hydroxylation is 2. The van der Waals surface area contributed by atoms with Gasteiger partial charge in [-0.25, -0.2) is 4.79 Å². The summed E-state index contributed by atoms with van der Waals surface area (Å²) in [6.07, 6.45) is 2.15. The minimum Gasteiger partial charge on any atom is -0.302 e. The first-order chi connectivity index (χ1) is 8.13. The molecule has 0 spiro atoms. The Morgan fingerprint density at radius 3 is 2.76 bits per heavy atom. The molecule has 0 aliphatic carbocycles. The van der Waals surface area contributed by atoms with Crippen molar-refractivity contribution in [2.24, 2.45) is 7.05 Å². The molecular weight excluding hydrogens is 214 g/mol. The number of aromatic nitrogens is 2. The lowest BCUT2D eigenvalue weighted by molar-refractivity contribution is 0.820. The van der Waals surface area contributed by atoms with E-state index in [0.29, 0.717) is 6.42 Å². The lowest BCUT2D eigenvalue weighted by atomic mass is 10.1. The number of nitriles is 1. The third-order valence-electron chi connectivity index (χ3n) is 2.68. The molecule has 0 aliphatic heterocycles. The van der Waals surface area contributed by atoms with E-state index in [2.05, 4.69) is 6.07 Å². The molecule has 4 heteroatoms. The SMILES string of the molecule is Cc1cn(C)c(=O)n1-c1cccc(CC#N)c1. The second-order valence-electron chi connectivity index (χ2n) is 4.00. The van der Waals surface area contributed by atoms with Crippen LogP contribution < -0.4 is 5.69 Å². The van der Waals surface area contributed by atoms with Crippen LogP contribution in [0.15, 0.2) is 35.3 Å². The highest BCUT2D eigenvalue weighted by Crippen LogP contribution is 2.11. The molecule has 0 radical (unpaired) electrons. The van der Waals surface area contributed by atoms with E-state index in [9.17, 15) is 4.79 Å². The first-order valence-electron chi connectivity index (χ1n) is 5.34. The molecule has 0 unspecified atom stereocenters. The van der Waals surface area contributed by atoms with E-state index in [1.54, 1.807) is 22.4 Å². The second kappa shape index (κ2) is 4.30. The molecule has 0 N–H and O–H groups in total. The predicted molar refractivity (Wildman–Crippen MR) is 65.1 cm³/mol. The average Bonchev–Trinajstić information content (AvgIpc) is 2.54. The fraction of sp³-hybridized carbons (Fsp3) is 0.231. The predicted octanol–water partition coefficient (Wildman–Crippen LogP) is 1.55. The van der Waals surface area contributed by atoms with Gasteiger partial charge in [0.25, 0.3) is 0 Å². The van der Waals surface area contributed by atoms with Crippen LogP contribution in [-0.2, 0) is 13.5 Å². The zero-order valence-electron chi connectivity index (χ0n) is 9.84. The van der Waals surface area contributed by atoms with E-state index in [4.69, 9.17) is 5.26 Å². The Labute approximate surface area is 99.4 Å². The normalized spacial score (nSPS) is 10.2. The van der Waals surface area contributed by atoms with Crippen molar-refractivity contribution < 1.29 is 0 Å². The number of hydrogen-bond donors (Lipinski definition) is 0. The Morgan fingerprint density at radius 2 is 2.18 bits per heavy atom. The van der Waals surface area contributed by atoms with Gasteiger partial charge in [-0.3, -0.25) is 4.57 Å². The smallest absolute Gasteiger partial charge is 0.302 e. The van der Waals surface area contributed by atoms with Crippen LogP contribution in [0.1, 0.15) is 11.3 Å².